The second-order valence-corrected chi connectivity index (χ2v) is 8.99. The van der Waals surface area contributed by atoms with Crippen LogP contribution in [0.1, 0.15) is 54.6 Å². The monoisotopic (exact) mass is 355 g/mol. The van der Waals surface area contributed by atoms with E-state index in [2.05, 4.69) is 15.7 Å². The van der Waals surface area contributed by atoms with Crippen LogP contribution in [0.15, 0.2) is 28.5 Å². The number of hydrogen-bond donors (Lipinski definition) is 2. The van der Waals surface area contributed by atoms with Crippen molar-refractivity contribution in [3.05, 3.63) is 45.3 Å². The summed E-state index contributed by atoms with van der Waals surface area (Å²) >= 11 is 1.51. The maximum Gasteiger partial charge on any atom is 0.258 e. The summed E-state index contributed by atoms with van der Waals surface area (Å²) in [5.74, 6) is 2.41. The molecule has 2 heterocycles. The average molecular weight is 355 g/mol. The number of rotatable bonds is 3. The fourth-order valence-corrected chi connectivity index (χ4v) is 6.55. The zero-order chi connectivity index (χ0) is 17.0. The summed E-state index contributed by atoms with van der Waals surface area (Å²) in [4.78, 5) is 30.8. The molecule has 0 atom stereocenters. The van der Waals surface area contributed by atoms with Crippen molar-refractivity contribution < 1.29 is 4.79 Å². The fraction of sp³-hybridized carbons (Fsp3) is 0.526. The molecule has 5 nitrogen and oxygen atoms in total. The van der Waals surface area contributed by atoms with E-state index in [4.69, 9.17) is 4.98 Å². The maximum absolute atomic E-state index is 12.3. The Morgan fingerprint density at radius 1 is 1.16 bits per heavy atom. The minimum atomic E-state index is -0.234. The van der Waals surface area contributed by atoms with Crippen LogP contribution in [0.5, 0.6) is 0 Å². The van der Waals surface area contributed by atoms with Crippen molar-refractivity contribution in [2.45, 2.75) is 43.9 Å². The molecule has 0 spiro atoms. The molecule has 2 aromatic heterocycles. The van der Waals surface area contributed by atoms with Gasteiger partial charge in [-0.2, -0.15) is 0 Å². The van der Waals surface area contributed by atoms with Gasteiger partial charge in [0.1, 0.15) is 0 Å². The van der Waals surface area contributed by atoms with Gasteiger partial charge < -0.3 is 4.98 Å². The van der Waals surface area contributed by atoms with Crippen LogP contribution >= 0.6 is 11.3 Å². The van der Waals surface area contributed by atoms with Gasteiger partial charge >= 0.3 is 0 Å². The lowest BCUT2D eigenvalue weighted by Crippen LogP contribution is -2.48. The molecule has 0 unspecified atom stereocenters. The fourth-order valence-electron chi connectivity index (χ4n) is 5.72. The number of aromatic nitrogens is 2. The second-order valence-electron chi connectivity index (χ2n) is 8.13. The van der Waals surface area contributed by atoms with E-state index in [-0.39, 0.29) is 16.9 Å². The lowest BCUT2D eigenvalue weighted by Gasteiger charge is -2.56. The average Bonchev–Trinajstić information content (AvgIpc) is 3.03. The minimum absolute atomic E-state index is 0.213. The van der Waals surface area contributed by atoms with Gasteiger partial charge in [0.15, 0.2) is 5.13 Å². The molecule has 4 fully saturated rings. The van der Waals surface area contributed by atoms with E-state index in [0.717, 1.165) is 17.8 Å². The van der Waals surface area contributed by atoms with Gasteiger partial charge in [-0.15, -0.1) is 11.3 Å². The first-order valence-corrected chi connectivity index (χ1v) is 9.94. The molecule has 0 aliphatic heterocycles. The maximum atomic E-state index is 12.3. The van der Waals surface area contributed by atoms with Crippen molar-refractivity contribution >= 4 is 22.4 Å². The van der Waals surface area contributed by atoms with Gasteiger partial charge in [-0.3, -0.25) is 14.9 Å². The molecular formula is C19H21N3O2S. The van der Waals surface area contributed by atoms with Gasteiger partial charge in [0.2, 0.25) is 5.56 Å². The zero-order valence-electron chi connectivity index (χ0n) is 14.0. The lowest BCUT2D eigenvalue weighted by molar-refractivity contribution is -0.00688. The molecule has 2 N–H and O–H groups in total. The Morgan fingerprint density at radius 3 is 2.44 bits per heavy atom. The number of nitrogens with one attached hydrogen (secondary N) is 2. The van der Waals surface area contributed by atoms with E-state index in [0.29, 0.717) is 10.7 Å². The van der Waals surface area contributed by atoms with E-state index >= 15 is 0 Å². The first kappa shape index (κ1) is 15.3. The molecule has 6 heteroatoms. The smallest absolute Gasteiger partial charge is 0.258 e. The molecule has 2 aromatic rings. The molecule has 25 heavy (non-hydrogen) atoms. The predicted molar refractivity (Wildman–Crippen MR) is 97.0 cm³/mol. The van der Waals surface area contributed by atoms with Gasteiger partial charge in [-0.1, -0.05) is 0 Å². The number of carbonyl (C=O) groups is 1. The van der Waals surface area contributed by atoms with Gasteiger partial charge in [-0.25, -0.2) is 4.98 Å². The van der Waals surface area contributed by atoms with Crippen LogP contribution in [0, 0.1) is 17.8 Å². The SMILES string of the molecule is O=C(Nc1nc(C23CC4CC(CC(C4)C2)C3)cs1)c1ccc(=O)[nH]c1. The van der Waals surface area contributed by atoms with Crippen LogP contribution in [0.3, 0.4) is 0 Å². The van der Waals surface area contributed by atoms with Crippen LogP contribution in [0.25, 0.3) is 0 Å². The molecular weight excluding hydrogens is 334 g/mol. The lowest BCUT2D eigenvalue weighted by atomic mass is 9.49. The number of carbonyl (C=O) groups excluding carboxylic acids is 1. The highest BCUT2D eigenvalue weighted by atomic mass is 32.1. The van der Waals surface area contributed by atoms with Crippen molar-refractivity contribution in [3.8, 4) is 0 Å². The topological polar surface area (TPSA) is 74.8 Å². The van der Waals surface area contributed by atoms with Crippen molar-refractivity contribution in [1.29, 1.82) is 0 Å². The van der Waals surface area contributed by atoms with Gasteiger partial charge in [0, 0.05) is 23.1 Å². The Morgan fingerprint density at radius 2 is 1.84 bits per heavy atom. The highest BCUT2D eigenvalue weighted by Crippen LogP contribution is 2.60. The van der Waals surface area contributed by atoms with Crippen molar-refractivity contribution in [2.24, 2.45) is 17.8 Å². The number of nitrogens with zero attached hydrogens (tertiary/aromatic N) is 1. The van der Waals surface area contributed by atoms with Crippen LogP contribution in [0.2, 0.25) is 0 Å². The Hall–Kier alpha value is -1.95. The number of thiazole rings is 1. The third-order valence-corrected chi connectivity index (χ3v) is 7.11. The molecule has 0 radical (unpaired) electrons. The Kier molecular flexibility index (Phi) is 3.39. The summed E-state index contributed by atoms with van der Waals surface area (Å²) in [6, 6.07) is 2.89. The summed E-state index contributed by atoms with van der Waals surface area (Å²) in [5.41, 5.74) is 1.67. The highest BCUT2D eigenvalue weighted by molar-refractivity contribution is 7.14. The summed E-state index contributed by atoms with van der Waals surface area (Å²) in [6.45, 7) is 0. The highest BCUT2D eigenvalue weighted by Gasteiger charge is 2.52. The summed E-state index contributed by atoms with van der Waals surface area (Å²) in [6.07, 6.45) is 9.50. The molecule has 130 valence electrons. The van der Waals surface area contributed by atoms with E-state index < -0.39 is 0 Å². The number of H-pyrrole nitrogens is 1. The first-order valence-electron chi connectivity index (χ1n) is 9.06. The Labute approximate surface area is 149 Å². The molecule has 6 rings (SSSR count). The molecule has 4 aliphatic rings. The summed E-state index contributed by atoms with van der Waals surface area (Å²) < 4.78 is 0. The van der Waals surface area contributed by atoms with Crippen molar-refractivity contribution in [3.63, 3.8) is 0 Å². The van der Waals surface area contributed by atoms with Crippen LogP contribution in [-0.4, -0.2) is 15.9 Å². The number of aromatic amines is 1. The molecule has 1 amide bonds. The first-order chi connectivity index (χ1) is 12.1. The van der Waals surface area contributed by atoms with E-state index in [1.165, 1.54) is 73.9 Å². The Bertz CT molecular complexity index is 829. The largest absolute Gasteiger partial charge is 0.328 e. The van der Waals surface area contributed by atoms with E-state index in [1.54, 1.807) is 0 Å². The van der Waals surface area contributed by atoms with Crippen LogP contribution in [-0.2, 0) is 5.41 Å². The molecule has 4 aliphatic carbocycles. The third-order valence-electron chi connectivity index (χ3n) is 6.35. The minimum Gasteiger partial charge on any atom is -0.328 e. The predicted octanol–water partition coefficient (Wildman–Crippen LogP) is 3.55. The van der Waals surface area contributed by atoms with Crippen molar-refractivity contribution in [2.75, 3.05) is 5.32 Å². The van der Waals surface area contributed by atoms with E-state index in [9.17, 15) is 9.59 Å². The molecule has 0 aromatic carbocycles. The number of anilines is 1. The van der Waals surface area contributed by atoms with Crippen molar-refractivity contribution in [1.82, 2.24) is 9.97 Å². The summed E-state index contributed by atoms with van der Waals surface area (Å²) in [5, 5.41) is 5.68. The number of amides is 1. The Balaban J connectivity index is 1.36. The van der Waals surface area contributed by atoms with Gasteiger partial charge in [0.25, 0.3) is 5.91 Å². The number of pyridine rings is 1. The third kappa shape index (κ3) is 2.63. The molecule has 4 saturated carbocycles. The van der Waals surface area contributed by atoms with Gasteiger partial charge in [-0.05, 0) is 62.3 Å². The van der Waals surface area contributed by atoms with Crippen LogP contribution < -0.4 is 10.9 Å². The quantitative estimate of drug-likeness (QED) is 0.884. The van der Waals surface area contributed by atoms with Gasteiger partial charge in [0.05, 0.1) is 11.3 Å². The standard InChI is InChI=1S/C19H21N3O2S/c23-16-2-1-14(9-20-16)17(24)22-18-21-15(10-25-18)19-6-11-3-12(7-19)5-13(4-11)8-19/h1-2,9-13H,3-8H2,(H,20,23)(H,21,22,24). The molecule has 0 saturated heterocycles. The van der Waals surface area contributed by atoms with Crippen LogP contribution in [0.4, 0.5) is 5.13 Å². The van der Waals surface area contributed by atoms with E-state index in [1.807, 2.05) is 0 Å². The zero-order valence-corrected chi connectivity index (χ0v) is 14.8. The summed E-state index contributed by atoms with van der Waals surface area (Å²) in [7, 11) is 0. The second kappa shape index (κ2) is 5.53. The normalized spacial score (nSPS) is 32.7. The number of hydrogen-bond acceptors (Lipinski definition) is 4. The molecule has 4 bridgehead atoms.